The molecule has 9 heavy (non-hydrogen) atoms. The largest absolute Gasteiger partial charge is 0.367 e. The number of ether oxygens (including phenoxy) is 1. The molecule has 2 unspecified atom stereocenters. The van der Waals surface area contributed by atoms with E-state index < -0.39 is 11.8 Å². The summed E-state index contributed by atoms with van der Waals surface area (Å²) in [5.41, 5.74) is -0.403. The summed E-state index contributed by atoms with van der Waals surface area (Å²) in [6.07, 6.45) is 0.126. The highest BCUT2D eigenvalue weighted by molar-refractivity contribution is 5.02. The zero-order valence-electron chi connectivity index (χ0n) is 5.19. The van der Waals surface area contributed by atoms with Crippen LogP contribution in [0.5, 0.6) is 0 Å². The number of alkyl halides is 1. The van der Waals surface area contributed by atoms with E-state index in [0.717, 1.165) is 13.0 Å². The predicted molar refractivity (Wildman–Crippen MR) is 31.1 cm³/mol. The summed E-state index contributed by atoms with van der Waals surface area (Å²) in [5.74, 6) is 0. The first-order valence-corrected chi connectivity index (χ1v) is 3.32. The van der Waals surface area contributed by atoms with Gasteiger partial charge in [0.2, 0.25) is 0 Å². The lowest BCUT2D eigenvalue weighted by molar-refractivity contribution is -0.197. The predicted octanol–water partition coefficient (Wildman–Crippen LogP) is 0.0868. The van der Waals surface area contributed by atoms with Crippen LogP contribution in [0.2, 0.25) is 0 Å². The van der Waals surface area contributed by atoms with Crippen molar-refractivity contribution in [2.45, 2.75) is 18.2 Å². The molecular formula is C6H10FNO. The fourth-order valence-electron chi connectivity index (χ4n) is 1.46. The van der Waals surface area contributed by atoms with Crippen molar-refractivity contribution < 1.29 is 9.13 Å². The van der Waals surface area contributed by atoms with Gasteiger partial charge in [-0.05, 0) is 13.0 Å². The van der Waals surface area contributed by atoms with Crippen LogP contribution in [-0.4, -0.2) is 31.5 Å². The highest BCUT2D eigenvalue weighted by Crippen LogP contribution is 2.34. The molecule has 0 amide bonds. The monoisotopic (exact) mass is 131 g/mol. The van der Waals surface area contributed by atoms with Crippen molar-refractivity contribution in [3.05, 3.63) is 0 Å². The topological polar surface area (TPSA) is 21.3 Å². The third kappa shape index (κ3) is 0.618. The molecule has 2 nitrogen and oxygen atoms in total. The van der Waals surface area contributed by atoms with Gasteiger partial charge in [-0.25, -0.2) is 4.39 Å². The number of rotatable bonds is 0. The van der Waals surface area contributed by atoms with E-state index in [9.17, 15) is 4.39 Å². The molecule has 2 saturated heterocycles. The van der Waals surface area contributed by atoms with Crippen molar-refractivity contribution in [2.24, 2.45) is 0 Å². The van der Waals surface area contributed by atoms with Gasteiger partial charge in [0.25, 0.3) is 0 Å². The Hall–Kier alpha value is -0.150. The molecule has 0 aromatic rings. The molecule has 0 bridgehead atoms. The first-order valence-electron chi connectivity index (χ1n) is 3.32. The van der Waals surface area contributed by atoms with Gasteiger partial charge >= 0.3 is 0 Å². The Bertz CT molecular complexity index is 122. The third-order valence-electron chi connectivity index (χ3n) is 2.24. The van der Waals surface area contributed by atoms with Gasteiger partial charge in [-0.1, -0.05) is 0 Å². The molecule has 0 aromatic carbocycles. The molecule has 0 radical (unpaired) electrons. The van der Waals surface area contributed by atoms with E-state index in [4.69, 9.17) is 4.74 Å². The lowest BCUT2D eigenvalue weighted by Crippen LogP contribution is -2.56. The normalized spacial score (nSPS) is 49.7. The maximum atomic E-state index is 12.7. The molecule has 1 spiro atoms. The highest BCUT2D eigenvalue weighted by Gasteiger charge is 2.50. The van der Waals surface area contributed by atoms with Gasteiger partial charge in [-0.2, -0.15) is 0 Å². The zero-order chi connectivity index (χ0) is 6.32. The van der Waals surface area contributed by atoms with E-state index >= 15 is 0 Å². The first kappa shape index (κ1) is 5.62. The molecular weight excluding hydrogens is 121 g/mol. The van der Waals surface area contributed by atoms with Gasteiger partial charge < -0.3 is 10.1 Å². The van der Waals surface area contributed by atoms with Crippen molar-refractivity contribution in [1.29, 1.82) is 0 Å². The van der Waals surface area contributed by atoms with E-state index in [1.165, 1.54) is 0 Å². The number of hydrogen-bond donors (Lipinski definition) is 1. The van der Waals surface area contributed by atoms with Crippen LogP contribution in [-0.2, 0) is 4.74 Å². The van der Waals surface area contributed by atoms with Crippen LogP contribution < -0.4 is 5.32 Å². The Morgan fingerprint density at radius 1 is 1.67 bits per heavy atom. The second kappa shape index (κ2) is 1.67. The fraction of sp³-hybridized carbons (Fsp3) is 1.00. The van der Waals surface area contributed by atoms with E-state index in [1.807, 2.05) is 0 Å². The van der Waals surface area contributed by atoms with E-state index in [1.54, 1.807) is 0 Å². The fourth-order valence-corrected chi connectivity index (χ4v) is 1.46. The van der Waals surface area contributed by atoms with Crippen molar-refractivity contribution in [3.63, 3.8) is 0 Å². The van der Waals surface area contributed by atoms with Crippen LogP contribution in [0, 0.1) is 0 Å². The molecule has 0 saturated carbocycles. The average Bonchev–Trinajstić information content (AvgIpc) is 2.34. The smallest absolute Gasteiger partial charge is 0.153 e. The van der Waals surface area contributed by atoms with Gasteiger partial charge in [-0.15, -0.1) is 0 Å². The minimum Gasteiger partial charge on any atom is -0.367 e. The van der Waals surface area contributed by atoms with Crippen LogP contribution in [0.4, 0.5) is 4.39 Å². The number of hydrogen-bond acceptors (Lipinski definition) is 2. The minimum atomic E-state index is -0.715. The van der Waals surface area contributed by atoms with Gasteiger partial charge in [-0.3, -0.25) is 0 Å². The van der Waals surface area contributed by atoms with Crippen LogP contribution >= 0.6 is 0 Å². The summed E-state index contributed by atoms with van der Waals surface area (Å²) in [5, 5.41) is 3.08. The summed E-state index contributed by atoms with van der Waals surface area (Å²) in [6, 6.07) is 0. The van der Waals surface area contributed by atoms with E-state index in [2.05, 4.69) is 5.32 Å². The standard InChI is InChI=1S/C6H10FNO/c7-5-3-9-6(5)1-2-8-4-6/h5,8H,1-4H2. The van der Waals surface area contributed by atoms with Gasteiger partial charge in [0, 0.05) is 6.54 Å². The SMILES string of the molecule is FC1COC12CCNC2. The van der Waals surface area contributed by atoms with Crippen LogP contribution in [0.25, 0.3) is 0 Å². The van der Waals surface area contributed by atoms with Gasteiger partial charge in [0.05, 0.1) is 6.61 Å². The molecule has 2 heterocycles. The number of nitrogens with one attached hydrogen (secondary N) is 1. The summed E-state index contributed by atoms with van der Waals surface area (Å²) in [6.45, 7) is 1.91. The maximum Gasteiger partial charge on any atom is 0.153 e. The summed E-state index contributed by atoms with van der Waals surface area (Å²) in [7, 11) is 0. The summed E-state index contributed by atoms with van der Waals surface area (Å²) >= 11 is 0. The molecule has 2 fully saturated rings. The van der Waals surface area contributed by atoms with Crippen LogP contribution in [0.15, 0.2) is 0 Å². The van der Waals surface area contributed by atoms with Gasteiger partial charge in [0.15, 0.2) is 6.17 Å². The molecule has 2 rings (SSSR count). The molecule has 2 aliphatic rings. The second-order valence-electron chi connectivity index (χ2n) is 2.77. The van der Waals surface area contributed by atoms with Crippen LogP contribution in [0.1, 0.15) is 6.42 Å². The molecule has 52 valence electrons. The Balaban J connectivity index is 2.06. The second-order valence-corrected chi connectivity index (χ2v) is 2.77. The quantitative estimate of drug-likeness (QED) is 0.503. The third-order valence-corrected chi connectivity index (χ3v) is 2.24. The first-order chi connectivity index (χ1) is 4.33. The van der Waals surface area contributed by atoms with Gasteiger partial charge in [0.1, 0.15) is 5.60 Å². The minimum absolute atomic E-state index is 0.307. The zero-order valence-corrected chi connectivity index (χ0v) is 5.19. The molecule has 3 heteroatoms. The Morgan fingerprint density at radius 3 is 2.78 bits per heavy atom. The summed E-state index contributed by atoms with van der Waals surface area (Å²) < 4.78 is 17.9. The molecule has 0 aromatic heterocycles. The lowest BCUT2D eigenvalue weighted by Gasteiger charge is -2.41. The van der Waals surface area contributed by atoms with Crippen molar-refractivity contribution in [1.82, 2.24) is 5.32 Å². The molecule has 2 aliphatic heterocycles. The van der Waals surface area contributed by atoms with Crippen molar-refractivity contribution in [3.8, 4) is 0 Å². The lowest BCUT2D eigenvalue weighted by atomic mass is 9.92. The average molecular weight is 131 g/mol. The molecule has 2 atom stereocenters. The van der Waals surface area contributed by atoms with Crippen molar-refractivity contribution >= 4 is 0 Å². The van der Waals surface area contributed by atoms with E-state index in [0.29, 0.717) is 13.2 Å². The Morgan fingerprint density at radius 2 is 2.56 bits per heavy atom. The summed E-state index contributed by atoms with van der Waals surface area (Å²) in [4.78, 5) is 0. The Kier molecular flexibility index (Phi) is 1.04. The van der Waals surface area contributed by atoms with Crippen LogP contribution in [0.3, 0.4) is 0 Å². The van der Waals surface area contributed by atoms with E-state index in [-0.39, 0.29) is 0 Å². The molecule has 0 aliphatic carbocycles. The Labute approximate surface area is 53.4 Å². The van der Waals surface area contributed by atoms with Crippen molar-refractivity contribution in [2.75, 3.05) is 19.7 Å². The highest BCUT2D eigenvalue weighted by atomic mass is 19.1. The maximum absolute atomic E-state index is 12.7. The molecule has 1 N–H and O–H groups in total. The number of halogens is 1.